The Labute approximate surface area is 187 Å². The average Bonchev–Trinajstić information content (AvgIpc) is 2.78. The zero-order valence-corrected chi connectivity index (χ0v) is 19.8. The zero-order chi connectivity index (χ0) is 22.5. The first-order valence-corrected chi connectivity index (χ1v) is 11.3. The standard InChI is InChI=1S/C27H36N2O2/c1-7-28(5)25-13-10-22(11-14-25)24-9-8-21(4)29(18-24)27(30)17-19(2)23-12-15-26(31-6)20(3)16-23/h8-10,12,15-18,21,25H,7,11,13-14H2,1-6H3/b19-17+. The van der Waals surface area contributed by atoms with Crippen LogP contribution in [0.3, 0.4) is 0 Å². The summed E-state index contributed by atoms with van der Waals surface area (Å²) in [7, 11) is 3.87. The van der Waals surface area contributed by atoms with Crippen LogP contribution in [0.1, 0.15) is 51.2 Å². The van der Waals surface area contributed by atoms with Gasteiger partial charge in [-0.05, 0) is 93.6 Å². The molecule has 1 aromatic rings. The Balaban J connectivity index is 1.77. The molecule has 2 atom stereocenters. The molecular formula is C27H36N2O2. The first-order valence-electron chi connectivity index (χ1n) is 11.3. The summed E-state index contributed by atoms with van der Waals surface area (Å²) in [5, 5.41) is 0. The molecule has 0 saturated carbocycles. The van der Waals surface area contributed by atoms with Crippen molar-refractivity contribution in [3.63, 3.8) is 0 Å². The SMILES string of the molecule is CCN(C)C1CC=C(C2=CN(C(=O)/C=C(\C)c3ccc(OC)c(C)c3)C(C)C=C2)CC1. The number of aryl methyl sites for hydroxylation is 1. The van der Waals surface area contributed by atoms with Gasteiger partial charge < -0.3 is 14.5 Å². The van der Waals surface area contributed by atoms with Crippen molar-refractivity contribution < 1.29 is 9.53 Å². The summed E-state index contributed by atoms with van der Waals surface area (Å²) in [6.45, 7) is 9.35. The molecule has 0 bridgehead atoms. The largest absolute Gasteiger partial charge is 0.496 e. The number of nitrogens with zero attached hydrogens (tertiary/aromatic N) is 2. The third kappa shape index (κ3) is 5.37. The lowest BCUT2D eigenvalue weighted by molar-refractivity contribution is -0.124. The van der Waals surface area contributed by atoms with Gasteiger partial charge in [-0.15, -0.1) is 0 Å². The molecule has 0 radical (unpaired) electrons. The van der Waals surface area contributed by atoms with Crippen LogP contribution in [-0.2, 0) is 4.79 Å². The van der Waals surface area contributed by atoms with Crippen molar-refractivity contribution >= 4 is 11.5 Å². The molecule has 0 saturated heterocycles. The van der Waals surface area contributed by atoms with Crippen LogP contribution in [0.25, 0.3) is 5.57 Å². The summed E-state index contributed by atoms with van der Waals surface area (Å²) >= 11 is 0. The predicted molar refractivity (Wildman–Crippen MR) is 129 cm³/mol. The quantitative estimate of drug-likeness (QED) is 0.569. The van der Waals surface area contributed by atoms with Crippen LogP contribution in [0.4, 0.5) is 0 Å². The monoisotopic (exact) mass is 420 g/mol. The van der Waals surface area contributed by atoms with E-state index in [0.717, 1.165) is 47.4 Å². The van der Waals surface area contributed by atoms with Crippen LogP contribution in [0.5, 0.6) is 5.75 Å². The summed E-state index contributed by atoms with van der Waals surface area (Å²) in [4.78, 5) is 17.4. The van der Waals surface area contributed by atoms with E-state index in [2.05, 4.69) is 50.1 Å². The van der Waals surface area contributed by atoms with Gasteiger partial charge in [0.2, 0.25) is 0 Å². The molecule has 2 aliphatic rings. The van der Waals surface area contributed by atoms with Gasteiger partial charge in [0.15, 0.2) is 0 Å². The summed E-state index contributed by atoms with van der Waals surface area (Å²) < 4.78 is 5.35. The minimum absolute atomic E-state index is 0.0142. The number of carbonyl (C=O) groups is 1. The van der Waals surface area contributed by atoms with E-state index >= 15 is 0 Å². The Morgan fingerprint density at radius 1 is 1.35 bits per heavy atom. The molecule has 1 aromatic carbocycles. The third-order valence-electron chi connectivity index (χ3n) is 6.59. The second kappa shape index (κ2) is 10.1. The van der Waals surface area contributed by atoms with Crippen molar-refractivity contribution in [3.05, 3.63) is 71.0 Å². The van der Waals surface area contributed by atoms with Crippen LogP contribution in [0, 0.1) is 6.92 Å². The number of amides is 1. The zero-order valence-electron chi connectivity index (χ0n) is 19.8. The van der Waals surface area contributed by atoms with Crippen LogP contribution in [0.2, 0.25) is 0 Å². The molecular weight excluding hydrogens is 384 g/mol. The molecule has 0 fully saturated rings. The van der Waals surface area contributed by atoms with E-state index < -0.39 is 0 Å². The number of ether oxygens (including phenoxy) is 1. The predicted octanol–water partition coefficient (Wildman–Crippen LogP) is 5.51. The molecule has 3 rings (SSSR count). The highest BCUT2D eigenvalue weighted by molar-refractivity contribution is 5.96. The summed E-state index contributed by atoms with van der Waals surface area (Å²) in [6.07, 6.45) is 13.7. The molecule has 166 valence electrons. The Kier molecular flexibility index (Phi) is 7.55. The number of methoxy groups -OCH3 is 1. The van der Waals surface area contributed by atoms with Gasteiger partial charge in [0.1, 0.15) is 5.75 Å². The molecule has 0 aromatic heterocycles. The smallest absolute Gasteiger partial charge is 0.251 e. The van der Waals surface area contributed by atoms with E-state index in [9.17, 15) is 4.79 Å². The van der Waals surface area contributed by atoms with Gasteiger partial charge in [0, 0.05) is 18.3 Å². The molecule has 4 heteroatoms. The Bertz CT molecular complexity index is 939. The number of hydrogen-bond donors (Lipinski definition) is 0. The summed E-state index contributed by atoms with van der Waals surface area (Å²) in [5.74, 6) is 0.874. The van der Waals surface area contributed by atoms with E-state index in [4.69, 9.17) is 4.74 Å². The second-order valence-electron chi connectivity index (χ2n) is 8.67. The van der Waals surface area contributed by atoms with Crippen molar-refractivity contribution in [3.8, 4) is 5.75 Å². The summed E-state index contributed by atoms with van der Waals surface area (Å²) in [5.41, 5.74) is 5.57. The van der Waals surface area contributed by atoms with E-state index in [-0.39, 0.29) is 11.9 Å². The molecule has 4 nitrogen and oxygen atoms in total. The third-order valence-corrected chi connectivity index (χ3v) is 6.59. The highest BCUT2D eigenvalue weighted by Crippen LogP contribution is 2.30. The molecule has 1 aliphatic heterocycles. The molecule has 31 heavy (non-hydrogen) atoms. The van der Waals surface area contributed by atoms with Gasteiger partial charge in [-0.25, -0.2) is 0 Å². The first kappa shape index (κ1) is 23.1. The van der Waals surface area contributed by atoms with Gasteiger partial charge in [0.25, 0.3) is 5.91 Å². The molecule has 1 amide bonds. The maximum atomic E-state index is 13.1. The Hall–Kier alpha value is -2.59. The van der Waals surface area contributed by atoms with Crippen LogP contribution < -0.4 is 4.74 Å². The van der Waals surface area contributed by atoms with Crippen LogP contribution in [-0.4, -0.2) is 48.5 Å². The fourth-order valence-electron chi connectivity index (χ4n) is 4.31. The Morgan fingerprint density at radius 2 is 2.13 bits per heavy atom. The number of hydrogen-bond acceptors (Lipinski definition) is 3. The van der Waals surface area contributed by atoms with Crippen molar-refractivity contribution in [2.75, 3.05) is 20.7 Å². The molecule has 0 spiro atoms. The fraction of sp³-hybridized carbons (Fsp3) is 0.444. The van der Waals surface area contributed by atoms with Crippen LogP contribution in [0.15, 0.2) is 59.8 Å². The van der Waals surface area contributed by atoms with E-state index in [1.807, 2.05) is 37.1 Å². The molecule has 1 heterocycles. The molecule has 2 unspecified atom stereocenters. The maximum absolute atomic E-state index is 13.1. The van der Waals surface area contributed by atoms with Gasteiger partial charge in [-0.3, -0.25) is 4.79 Å². The summed E-state index contributed by atoms with van der Waals surface area (Å²) in [6, 6.07) is 6.69. The van der Waals surface area contributed by atoms with Gasteiger partial charge in [-0.2, -0.15) is 0 Å². The topological polar surface area (TPSA) is 32.8 Å². The Morgan fingerprint density at radius 3 is 2.74 bits per heavy atom. The van der Waals surface area contributed by atoms with Crippen molar-refractivity contribution in [1.29, 1.82) is 0 Å². The normalized spacial score (nSPS) is 21.8. The van der Waals surface area contributed by atoms with E-state index in [0.29, 0.717) is 6.04 Å². The lowest BCUT2D eigenvalue weighted by Gasteiger charge is -2.32. The minimum atomic E-state index is 0.0142. The van der Waals surface area contributed by atoms with Crippen molar-refractivity contribution in [1.82, 2.24) is 9.80 Å². The highest BCUT2D eigenvalue weighted by atomic mass is 16.5. The van der Waals surface area contributed by atoms with E-state index in [1.165, 1.54) is 12.0 Å². The van der Waals surface area contributed by atoms with E-state index in [1.54, 1.807) is 13.2 Å². The number of carbonyl (C=O) groups excluding carboxylic acids is 1. The fourth-order valence-corrected chi connectivity index (χ4v) is 4.31. The number of benzene rings is 1. The number of rotatable bonds is 6. The maximum Gasteiger partial charge on any atom is 0.251 e. The van der Waals surface area contributed by atoms with Crippen molar-refractivity contribution in [2.24, 2.45) is 0 Å². The highest BCUT2D eigenvalue weighted by Gasteiger charge is 2.23. The lowest BCUT2D eigenvalue weighted by atomic mass is 9.89. The minimum Gasteiger partial charge on any atom is -0.496 e. The van der Waals surface area contributed by atoms with Gasteiger partial charge >= 0.3 is 0 Å². The average molecular weight is 421 g/mol. The second-order valence-corrected chi connectivity index (χ2v) is 8.67. The molecule has 1 aliphatic carbocycles. The lowest BCUT2D eigenvalue weighted by Crippen LogP contribution is -2.35. The van der Waals surface area contributed by atoms with Crippen LogP contribution >= 0.6 is 0 Å². The number of allylic oxidation sites excluding steroid dienone is 4. The van der Waals surface area contributed by atoms with Crippen molar-refractivity contribution in [2.45, 2.75) is 59.0 Å². The van der Waals surface area contributed by atoms with Gasteiger partial charge in [0.05, 0.1) is 13.2 Å². The van der Waals surface area contributed by atoms with Gasteiger partial charge in [-0.1, -0.05) is 31.2 Å². The first-order chi connectivity index (χ1) is 14.8. The molecule has 0 N–H and O–H groups in total.